The van der Waals surface area contributed by atoms with Gasteiger partial charge >= 0.3 is 0 Å². The second-order valence-electron chi connectivity index (χ2n) is 8.38. The van der Waals surface area contributed by atoms with Crippen LogP contribution in [0.5, 0.6) is 5.75 Å². The molecule has 1 aliphatic rings. The van der Waals surface area contributed by atoms with E-state index < -0.39 is 21.6 Å². The van der Waals surface area contributed by atoms with Crippen molar-refractivity contribution in [1.82, 2.24) is 4.57 Å². The molecule has 2 N–H and O–H groups in total. The molecule has 4 aromatic rings. The number of para-hydroxylation sites is 1. The summed E-state index contributed by atoms with van der Waals surface area (Å²) in [6.45, 7) is -0.202. The number of hydrogen-bond acceptors (Lipinski definition) is 7. The van der Waals surface area contributed by atoms with Gasteiger partial charge in [-0.25, -0.2) is 8.42 Å². The van der Waals surface area contributed by atoms with Gasteiger partial charge in [-0.3, -0.25) is 19.1 Å². The first-order chi connectivity index (χ1) is 17.3. The molecule has 0 saturated heterocycles. The minimum absolute atomic E-state index is 0.0498. The number of hydrogen-bond donors (Lipinski definition) is 1. The Kier molecular flexibility index (Phi) is 6.23. The molecule has 1 atom stereocenters. The van der Waals surface area contributed by atoms with Crippen LogP contribution in [0.25, 0.3) is 10.8 Å². The third-order valence-electron chi connectivity index (χ3n) is 6.11. The van der Waals surface area contributed by atoms with E-state index in [1.165, 1.54) is 21.2 Å². The number of rotatable bonds is 7. The Morgan fingerprint density at radius 2 is 1.78 bits per heavy atom. The number of nitrogens with zero attached hydrogens (tertiary/aromatic N) is 2. The molecule has 0 saturated carbocycles. The van der Waals surface area contributed by atoms with Gasteiger partial charge in [0.2, 0.25) is 6.41 Å². The van der Waals surface area contributed by atoms with Crippen molar-refractivity contribution < 1.29 is 17.9 Å². The van der Waals surface area contributed by atoms with Crippen molar-refractivity contribution >= 4 is 50.2 Å². The van der Waals surface area contributed by atoms with Crippen molar-refractivity contribution in [2.24, 2.45) is 0 Å². The molecule has 0 fully saturated rings. The van der Waals surface area contributed by atoms with Crippen LogP contribution >= 0.6 is 11.8 Å². The van der Waals surface area contributed by atoms with Gasteiger partial charge in [0.15, 0.2) is 9.84 Å². The number of benzene rings is 3. The number of pyridine rings is 1. The summed E-state index contributed by atoms with van der Waals surface area (Å²) in [6.07, 6.45) is 0.987. The number of anilines is 2. The number of fused-ring (bicyclic) bond motifs is 2. The maximum absolute atomic E-state index is 13.5. The van der Waals surface area contributed by atoms with Gasteiger partial charge in [0.1, 0.15) is 29.1 Å². The summed E-state index contributed by atoms with van der Waals surface area (Å²) in [5, 5.41) is 2.07. The zero-order chi connectivity index (χ0) is 25.4. The third kappa shape index (κ3) is 4.12. The van der Waals surface area contributed by atoms with Crippen molar-refractivity contribution in [3.63, 3.8) is 0 Å². The van der Waals surface area contributed by atoms with Crippen LogP contribution in [-0.2, 0) is 21.2 Å². The van der Waals surface area contributed by atoms with Crippen LogP contribution in [-0.4, -0.2) is 31.4 Å². The van der Waals surface area contributed by atoms with E-state index in [1.807, 2.05) is 42.5 Å². The number of amides is 1. The van der Waals surface area contributed by atoms with Gasteiger partial charge in [-0.15, -0.1) is 11.8 Å². The molecule has 0 spiro atoms. The van der Waals surface area contributed by atoms with Crippen LogP contribution in [0.4, 0.5) is 11.4 Å². The second-order valence-corrected chi connectivity index (χ2v) is 11.3. The van der Waals surface area contributed by atoms with Crippen LogP contribution in [0.1, 0.15) is 11.7 Å². The minimum atomic E-state index is -3.81. The Morgan fingerprint density at radius 3 is 2.50 bits per heavy atom. The van der Waals surface area contributed by atoms with Gasteiger partial charge in [-0.05, 0) is 23.6 Å². The first kappa shape index (κ1) is 24.0. The SMILES string of the molecule is CS(=O)(=O)c1c(COc2cccc3ccccc23)c(N)c(=O)n2c1SC[C@@H]2N(C=O)c1ccccc1. The van der Waals surface area contributed by atoms with Crippen LogP contribution in [0.2, 0.25) is 0 Å². The average molecular weight is 522 g/mol. The molecule has 3 aromatic carbocycles. The van der Waals surface area contributed by atoms with E-state index in [-0.39, 0.29) is 27.8 Å². The molecule has 10 heteroatoms. The van der Waals surface area contributed by atoms with E-state index in [0.29, 0.717) is 23.6 Å². The predicted molar refractivity (Wildman–Crippen MR) is 141 cm³/mol. The lowest BCUT2D eigenvalue weighted by Crippen LogP contribution is -2.38. The molecular weight excluding hydrogens is 498 g/mol. The fourth-order valence-electron chi connectivity index (χ4n) is 4.45. The second kappa shape index (κ2) is 9.36. The van der Waals surface area contributed by atoms with E-state index in [1.54, 1.807) is 30.3 Å². The molecule has 1 amide bonds. The molecule has 1 aromatic heterocycles. The zero-order valence-corrected chi connectivity index (χ0v) is 21.0. The Hall–Kier alpha value is -3.76. The number of thioether (sulfide) groups is 1. The van der Waals surface area contributed by atoms with E-state index in [4.69, 9.17) is 10.5 Å². The highest BCUT2D eigenvalue weighted by atomic mass is 32.2. The summed E-state index contributed by atoms with van der Waals surface area (Å²) < 4.78 is 33.3. The normalized spacial score (nSPS) is 15.0. The molecule has 8 nitrogen and oxygen atoms in total. The summed E-state index contributed by atoms with van der Waals surface area (Å²) in [6, 6.07) is 22.1. The van der Waals surface area contributed by atoms with Crippen molar-refractivity contribution in [3.05, 3.63) is 88.7 Å². The number of aromatic nitrogens is 1. The maximum Gasteiger partial charge on any atom is 0.276 e. The number of ether oxygens (including phenoxy) is 1. The molecule has 5 rings (SSSR count). The molecule has 2 heterocycles. The van der Waals surface area contributed by atoms with Gasteiger partial charge in [-0.1, -0.05) is 54.6 Å². The Labute approximate surface area is 212 Å². The van der Waals surface area contributed by atoms with Crippen molar-refractivity contribution in [3.8, 4) is 5.75 Å². The topological polar surface area (TPSA) is 112 Å². The van der Waals surface area contributed by atoms with Crippen molar-refractivity contribution in [2.75, 3.05) is 22.6 Å². The number of nitrogens with two attached hydrogens (primary N) is 1. The van der Waals surface area contributed by atoms with Gasteiger partial charge in [-0.2, -0.15) is 0 Å². The summed E-state index contributed by atoms with van der Waals surface area (Å²) in [7, 11) is -3.81. The van der Waals surface area contributed by atoms with Gasteiger partial charge in [0.05, 0.1) is 5.03 Å². The summed E-state index contributed by atoms with van der Waals surface area (Å²) in [4.78, 5) is 26.9. The number of nitrogen functional groups attached to an aromatic ring is 1. The molecule has 0 aliphatic carbocycles. The fraction of sp³-hybridized carbons (Fsp3) is 0.154. The average Bonchev–Trinajstić information content (AvgIpc) is 3.30. The first-order valence-electron chi connectivity index (χ1n) is 11.1. The lowest BCUT2D eigenvalue weighted by Gasteiger charge is -2.27. The third-order valence-corrected chi connectivity index (χ3v) is 8.56. The number of sulfone groups is 1. The van der Waals surface area contributed by atoms with E-state index in [9.17, 15) is 18.0 Å². The monoisotopic (exact) mass is 521 g/mol. The molecule has 1 aliphatic heterocycles. The highest BCUT2D eigenvalue weighted by Crippen LogP contribution is 2.42. The van der Waals surface area contributed by atoms with Gasteiger partial charge < -0.3 is 10.5 Å². The Balaban J connectivity index is 1.62. The molecule has 0 radical (unpaired) electrons. The van der Waals surface area contributed by atoms with Crippen LogP contribution in [0, 0.1) is 0 Å². The minimum Gasteiger partial charge on any atom is -0.488 e. The quantitative estimate of drug-likeness (QED) is 0.368. The van der Waals surface area contributed by atoms with Crippen molar-refractivity contribution in [1.29, 1.82) is 0 Å². The predicted octanol–water partition coefficient (Wildman–Crippen LogP) is 3.83. The van der Waals surface area contributed by atoms with E-state index in [2.05, 4.69) is 0 Å². The number of carbonyl (C=O) groups is 1. The van der Waals surface area contributed by atoms with Crippen LogP contribution in [0.3, 0.4) is 0 Å². The van der Waals surface area contributed by atoms with Crippen molar-refractivity contribution in [2.45, 2.75) is 22.7 Å². The highest BCUT2D eigenvalue weighted by Gasteiger charge is 2.37. The molecule has 184 valence electrons. The van der Waals surface area contributed by atoms with Gasteiger partial charge in [0, 0.05) is 28.6 Å². The van der Waals surface area contributed by atoms with Crippen LogP contribution < -0.4 is 20.9 Å². The summed E-state index contributed by atoms with van der Waals surface area (Å²) in [5.74, 6) is 0.840. The lowest BCUT2D eigenvalue weighted by molar-refractivity contribution is -0.108. The standard InChI is InChI=1S/C26H23N3O5S2/c1-36(32,33)24-20(14-34-21-13-7-9-17-8-5-6-12-19(17)21)23(27)25(31)29-22(15-35-26(24)29)28(16-30)18-10-3-2-4-11-18/h2-13,16,22H,14-15,27H2,1H3/t22-/m1/s1. The van der Waals surface area contributed by atoms with Crippen LogP contribution in [0.15, 0.2) is 87.5 Å². The summed E-state index contributed by atoms with van der Waals surface area (Å²) in [5.41, 5.74) is 6.20. The molecular formula is C26H23N3O5S2. The zero-order valence-electron chi connectivity index (χ0n) is 19.3. The molecule has 36 heavy (non-hydrogen) atoms. The Morgan fingerprint density at radius 1 is 1.08 bits per heavy atom. The van der Waals surface area contributed by atoms with Gasteiger partial charge in [0.25, 0.3) is 5.56 Å². The molecule has 0 bridgehead atoms. The van der Waals surface area contributed by atoms with E-state index in [0.717, 1.165) is 17.0 Å². The summed E-state index contributed by atoms with van der Waals surface area (Å²) >= 11 is 1.20. The van der Waals surface area contributed by atoms with E-state index >= 15 is 0 Å². The highest BCUT2D eigenvalue weighted by molar-refractivity contribution is 8.00. The maximum atomic E-state index is 13.5. The number of carbonyl (C=O) groups excluding carboxylic acids is 1. The first-order valence-corrected chi connectivity index (χ1v) is 14.0. The molecule has 0 unspecified atom stereocenters. The Bertz CT molecular complexity index is 1630. The smallest absolute Gasteiger partial charge is 0.276 e. The largest absolute Gasteiger partial charge is 0.488 e. The fourth-order valence-corrected chi connectivity index (χ4v) is 7.33. The lowest BCUT2D eigenvalue weighted by atomic mass is 10.1.